The smallest absolute Gasteiger partial charge is 0.266 e. The van der Waals surface area contributed by atoms with Crippen molar-refractivity contribution in [1.82, 2.24) is 5.16 Å². The van der Waals surface area contributed by atoms with E-state index in [1.807, 2.05) is 0 Å². The van der Waals surface area contributed by atoms with Crippen LogP contribution in [0.3, 0.4) is 0 Å². The predicted molar refractivity (Wildman–Crippen MR) is 122 cm³/mol. The lowest BCUT2D eigenvalue weighted by Crippen LogP contribution is -2.32. The largest absolute Gasteiger partial charge is 0.359 e. The van der Waals surface area contributed by atoms with Crippen LogP contribution in [-0.2, 0) is 10.0 Å². The quantitative estimate of drug-likeness (QED) is 0.468. The van der Waals surface area contributed by atoms with Gasteiger partial charge in [0.2, 0.25) is 0 Å². The van der Waals surface area contributed by atoms with Crippen LogP contribution in [0.1, 0.15) is 21.8 Å². The summed E-state index contributed by atoms with van der Waals surface area (Å²) in [5.41, 5.74) is 1.30. The lowest BCUT2D eigenvalue weighted by atomic mass is 10.2. The second-order valence-electron chi connectivity index (χ2n) is 6.57. The maximum atomic E-state index is 13.5. The van der Waals surface area contributed by atoms with Crippen LogP contribution >= 0.6 is 23.2 Å². The maximum absolute atomic E-state index is 13.5. The number of aryl methyl sites for hydroxylation is 2. The molecule has 1 N–H and O–H groups in total. The second-order valence-corrected chi connectivity index (χ2v) is 9.22. The van der Waals surface area contributed by atoms with Crippen molar-refractivity contribution >= 4 is 50.5 Å². The van der Waals surface area contributed by atoms with Crippen LogP contribution in [0.5, 0.6) is 0 Å². The van der Waals surface area contributed by atoms with Crippen molar-refractivity contribution < 1.29 is 17.7 Å². The number of amides is 1. The van der Waals surface area contributed by atoms with E-state index in [2.05, 4.69) is 17.1 Å². The van der Waals surface area contributed by atoms with Crippen molar-refractivity contribution in [3.05, 3.63) is 82.2 Å². The van der Waals surface area contributed by atoms with Crippen molar-refractivity contribution in [2.75, 3.05) is 16.2 Å². The first-order valence-corrected chi connectivity index (χ1v) is 11.3. The number of halogens is 2. The van der Waals surface area contributed by atoms with Gasteiger partial charge in [0.1, 0.15) is 16.3 Å². The molecular formula is C21H19Cl2N3O4S. The third-order valence-electron chi connectivity index (χ3n) is 4.45. The summed E-state index contributed by atoms with van der Waals surface area (Å²) in [4.78, 5) is 12.5. The lowest BCUT2D eigenvalue weighted by Gasteiger charge is -2.24. The van der Waals surface area contributed by atoms with Gasteiger partial charge in [-0.1, -0.05) is 46.6 Å². The molecule has 10 heteroatoms. The Morgan fingerprint density at radius 1 is 1.19 bits per heavy atom. The molecule has 0 bridgehead atoms. The molecule has 0 aliphatic heterocycles. The van der Waals surface area contributed by atoms with Gasteiger partial charge in [0.15, 0.2) is 5.76 Å². The van der Waals surface area contributed by atoms with Gasteiger partial charge in [-0.25, -0.2) is 8.42 Å². The SMILES string of the molecule is C=CCN(c1ccccc1Cl)S(=O)(=O)c1cc(C(=O)Nc2c(C)noc2C)ccc1Cl. The van der Waals surface area contributed by atoms with Gasteiger partial charge in [-0.05, 0) is 44.2 Å². The standard InChI is InChI=1S/C21H19Cl2N3O4S/c1-4-11-26(18-8-6-5-7-16(18)22)31(28,29)19-12-15(9-10-17(19)23)21(27)24-20-13(2)25-30-14(20)3/h4-10,12H,1,11H2,2-3H3,(H,24,27). The molecule has 1 amide bonds. The molecule has 0 aliphatic carbocycles. The molecule has 2 aromatic carbocycles. The van der Waals surface area contributed by atoms with E-state index in [-0.39, 0.29) is 32.7 Å². The van der Waals surface area contributed by atoms with E-state index >= 15 is 0 Å². The van der Waals surface area contributed by atoms with E-state index in [0.29, 0.717) is 17.1 Å². The Morgan fingerprint density at radius 2 is 1.90 bits per heavy atom. The first-order valence-electron chi connectivity index (χ1n) is 9.08. The van der Waals surface area contributed by atoms with Crippen molar-refractivity contribution in [1.29, 1.82) is 0 Å². The summed E-state index contributed by atoms with van der Waals surface area (Å²) in [5.74, 6) is -0.0981. The lowest BCUT2D eigenvalue weighted by molar-refractivity contribution is 0.102. The Hall–Kier alpha value is -2.81. The van der Waals surface area contributed by atoms with Crippen LogP contribution in [0.15, 0.2) is 64.5 Å². The summed E-state index contributed by atoms with van der Waals surface area (Å²) in [5, 5.41) is 6.68. The molecule has 0 spiro atoms. The molecule has 3 rings (SSSR count). The molecule has 0 saturated carbocycles. The second kappa shape index (κ2) is 9.13. The number of anilines is 2. The zero-order valence-corrected chi connectivity index (χ0v) is 19.1. The average molecular weight is 480 g/mol. The molecule has 0 radical (unpaired) electrons. The number of para-hydroxylation sites is 1. The summed E-state index contributed by atoms with van der Waals surface area (Å²) in [6, 6.07) is 10.5. The molecule has 7 nitrogen and oxygen atoms in total. The van der Waals surface area contributed by atoms with Crippen LogP contribution < -0.4 is 9.62 Å². The van der Waals surface area contributed by atoms with Crippen LogP contribution in [0.2, 0.25) is 10.0 Å². The number of hydrogen-bond donors (Lipinski definition) is 1. The highest BCUT2D eigenvalue weighted by molar-refractivity contribution is 7.93. The molecular weight excluding hydrogens is 461 g/mol. The number of carbonyl (C=O) groups excluding carboxylic acids is 1. The van der Waals surface area contributed by atoms with E-state index in [0.717, 1.165) is 4.31 Å². The van der Waals surface area contributed by atoms with Crippen LogP contribution in [0.25, 0.3) is 0 Å². The Balaban J connectivity index is 2.04. The third-order valence-corrected chi connectivity index (χ3v) is 7.03. The van der Waals surface area contributed by atoms with Crippen molar-refractivity contribution in [3.8, 4) is 0 Å². The van der Waals surface area contributed by atoms with Crippen LogP contribution in [0.4, 0.5) is 11.4 Å². The van der Waals surface area contributed by atoms with E-state index in [1.54, 1.807) is 38.1 Å². The van der Waals surface area contributed by atoms with Crippen LogP contribution in [0, 0.1) is 13.8 Å². The number of rotatable bonds is 7. The number of hydrogen-bond acceptors (Lipinski definition) is 5. The van der Waals surface area contributed by atoms with Gasteiger partial charge in [0, 0.05) is 5.56 Å². The fourth-order valence-corrected chi connectivity index (χ4v) is 5.15. The molecule has 1 heterocycles. The van der Waals surface area contributed by atoms with Crippen molar-refractivity contribution in [2.45, 2.75) is 18.7 Å². The monoisotopic (exact) mass is 479 g/mol. The molecule has 0 fully saturated rings. The minimum atomic E-state index is -4.17. The Morgan fingerprint density at radius 3 is 2.52 bits per heavy atom. The minimum absolute atomic E-state index is 0.0324. The zero-order valence-electron chi connectivity index (χ0n) is 16.7. The fourth-order valence-electron chi connectivity index (χ4n) is 2.91. The summed E-state index contributed by atoms with van der Waals surface area (Å²) in [6.07, 6.45) is 1.43. The Labute approximate surface area is 190 Å². The first kappa shape index (κ1) is 22.9. The van der Waals surface area contributed by atoms with Gasteiger partial charge in [0.05, 0.1) is 22.3 Å². The zero-order chi connectivity index (χ0) is 22.8. The van der Waals surface area contributed by atoms with Gasteiger partial charge < -0.3 is 9.84 Å². The summed E-state index contributed by atoms with van der Waals surface area (Å²) < 4.78 is 33.1. The highest BCUT2D eigenvalue weighted by atomic mass is 35.5. The number of nitrogens with one attached hydrogen (secondary N) is 1. The van der Waals surface area contributed by atoms with Gasteiger partial charge in [0.25, 0.3) is 15.9 Å². The van der Waals surface area contributed by atoms with E-state index < -0.39 is 15.9 Å². The molecule has 0 unspecified atom stereocenters. The third kappa shape index (κ3) is 4.61. The number of sulfonamides is 1. The normalized spacial score (nSPS) is 11.2. The highest BCUT2D eigenvalue weighted by Crippen LogP contribution is 2.33. The van der Waals surface area contributed by atoms with Gasteiger partial charge in [-0.2, -0.15) is 0 Å². The summed E-state index contributed by atoms with van der Waals surface area (Å²) in [7, 11) is -4.17. The molecule has 0 saturated heterocycles. The number of carbonyl (C=O) groups is 1. The minimum Gasteiger partial charge on any atom is -0.359 e. The van der Waals surface area contributed by atoms with Gasteiger partial charge in [-0.3, -0.25) is 9.10 Å². The molecule has 31 heavy (non-hydrogen) atoms. The molecule has 0 aliphatic rings. The maximum Gasteiger partial charge on any atom is 0.266 e. The fraction of sp³-hybridized carbons (Fsp3) is 0.143. The topological polar surface area (TPSA) is 92.5 Å². The average Bonchev–Trinajstić information content (AvgIpc) is 3.04. The molecule has 162 valence electrons. The van der Waals surface area contributed by atoms with Gasteiger partial charge in [-0.15, -0.1) is 6.58 Å². The highest BCUT2D eigenvalue weighted by Gasteiger charge is 2.29. The summed E-state index contributed by atoms with van der Waals surface area (Å²) in [6.45, 7) is 6.92. The van der Waals surface area contributed by atoms with Gasteiger partial charge >= 0.3 is 0 Å². The molecule has 0 atom stereocenters. The van der Waals surface area contributed by atoms with Crippen molar-refractivity contribution in [3.63, 3.8) is 0 Å². The number of aromatic nitrogens is 1. The van der Waals surface area contributed by atoms with E-state index in [1.165, 1.54) is 24.3 Å². The molecule has 1 aromatic heterocycles. The van der Waals surface area contributed by atoms with Crippen molar-refractivity contribution in [2.24, 2.45) is 0 Å². The summed E-state index contributed by atoms with van der Waals surface area (Å²) >= 11 is 12.5. The first-order chi connectivity index (χ1) is 14.7. The predicted octanol–water partition coefficient (Wildman–Crippen LogP) is 5.23. The molecule has 3 aromatic rings. The Bertz CT molecular complexity index is 1240. The van der Waals surface area contributed by atoms with Crippen LogP contribution in [-0.4, -0.2) is 26.0 Å². The number of benzene rings is 2. The Kier molecular flexibility index (Phi) is 6.74. The van der Waals surface area contributed by atoms with E-state index in [9.17, 15) is 13.2 Å². The van der Waals surface area contributed by atoms with E-state index in [4.69, 9.17) is 27.7 Å². The number of nitrogens with zero attached hydrogens (tertiary/aromatic N) is 2.